The molecular weight excluding hydrogens is 306 g/mol. The van der Waals surface area contributed by atoms with Gasteiger partial charge in [-0.1, -0.05) is 0 Å². The number of pyridine rings is 1. The molecular formula is C11H14BrNO3S. The Balaban J connectivity index is 2.04. The summed E-state index contributed by atoms with van der Waals surface area (Å²) in [5.74, 6) is 1.20. The van der Waals surface area contributed by atoms with Crippen LogP contribution in [-0.2, 0) is 15.6 Å². The van der Waals surface area contributed by atoms with Crippen molar-refractivity contribution in [2.24, 2.45) is 5.92 Å². The molecule has 0 aliphatic heterocycles. The van der Waals surface area contributed by atoms with E-state index in [0.29, 0.717) is 28.4 Å². The maximum absolute atomic E-state index is 11.1. The van der Waals surface area contributed by atoms with Crippen molar-refractivity contribution >= 4 is 25.8 Å². The lowest BCUT2D eigenvalue weighted by Crippen LogP contribution is -2.04. The molecule has 94 valence electrons. The fourth-order valence-corrected chi connectivity index (χ4v) is 2.71. The van der Waals surface area contributed by atoms with Crippen molar-refractivity contribution in [2.45, 2.75) is 18.6 Å². The lowest BCUT2D eigenvalue weighted by Gasteiger charge is -2.07. The highest BCUT2D eigenvalue weighted by atomic mass is 79.9. The average Bonchev–Trinajstić information content (AvgIpc) is 2.97. The van der Waals surface area contributed by atoms with Crippen molar-refractivity contribution < 1.29 is 13.2 Å². The van der Waals surface area contributed by atoms with E-state index in [1.807, 2.05) is 0 Å². The number of aromatic nitrogens is 1. The Bertz CT molecular complexity index is 511. The van der Waals surface area contributed by atoms with Crippen LogP contribution in [0.15, 0.2) is 16.7 Å². The Morgan fingerprint density at radius 1 is 1.53 bits per heavy atom. The summed E-state index contributed by atoms with van der Waals surface area (Å²) in [5.41, 5.74) is 0.665. The van der Waals surface area contributed by atoms with Gasteiger partial charge >= 0.3 is 0 Å². The standard InChI is InChI=1S/C11H14BrNO3S/c1-17(14,15)7-9-4-10(12)11(13-5-9)16-6-8-2-3-8/h4-5,8H,2-3,6-7H2,1H3. The maximum atomic E-state index is 11.1. The second-order valence-corrected chi connectivity index (χ2v) is 7.45. The van der Waals surface area contributed by atoms with Crippen LogP contribution in [0.5, 0.6) is 5.88 Å². The quantitative estimate of drug-likeness (QED) is 0.834. The van der Waals surface area contributed by atoms with Crippen LogP contribution in [0.3, 0.4) is 0 Å². The smallest absolute Gasteiger partial charge is 0.227 e. The molecule has 0 unspecified atom stereocenters. The number of sulfone groups is 1. The second kappa shape index (κ2) is 4.94. The van der Waals surface area contributed by atoms with Gasteiger partial charge in [-0.25, -0.2) is 13.4 Å². The summed E-state index contributed by atoms with van der Waals surface area (Å²) in [4.78, 5) is 4.13. The van der Waals surface area contributed by atoms with Gasteiger partial charge in [-0.05, 0) is 46.3 Å². The predicted molar refractivity (Wildman–Crippen MR) is 68.7 cm³/mol. The van der Waals surface area contributed by atoms with Gasteiger partial charge in [-0.3, -0.25) is 0 Å². The fourth-order valence-electron chi connectivity index (χ4n) is 1.43. The van der Waals surface area contributed by atoms with E-state index in [4.69, 9.17) is 4.74 Å². The van der Waals surface area contributed by atoms with Gasteiger partial charge in [0.05, 0.1) is 16.8 Å². The van der Waals surface area contributed by atoms with Gasteiger partial charge in [0, 0.05) is 12.5 Å². The molecule has 1 saturated carbocycles. The van der Waals surface area contributed by atoms with Crippen LogP contribution >= 0.6 is 15.9 Å². The van der Waals surface area contributed by atoms with Crippen molar-refractivity contribution in [2.75, 3.05) is 12.9 Å². The molecule has 1 aromatic rings. The Labute approximate surface area is 109 Å². The number of hydrogen-bond acceptors (Lipinski definition) is 4. The molecule has 1 aliphatic carbocycles. The normalized spacial score (nSPS) is 15.9. The largest absolute Gasteiger partial charge is 0.477 e. The Hall–Kier alpha value is -0.620. The molecule has 1 aromatic heterocycles. The summed E-state index contributed by atoms with van der Waals surface area (Å²) in [6.45, 7) is 0.691. The minimum Gasteiger partial charge on any atom is -0.477 e. The minimum atomic E-state index is -3.02. The summed E-state index contributed by atoms with van der Waals surface area (Å²) in [6, 6.07) is 1.75. The van der Waals surface area contributed by atoms with Gasteiger partial charge in [0.1, 0.15) is 0 Å². The van der Waals surface area contributed by atoms with Crippen LogP contribution < -0.4 is 4.74 Å². The van der Waals surface area contributed by atoms with Crippen molar-refractivity contribution in [1.82, 2.24) is 4.98 Å². The summed E-state index contributed by atoms with van der Waals surface area (Å²) in [5, 5.41) is 0. The first-order valence-electron chi connectivity index (χ1n) is 5.39. The Morgan fingerprint density at radius 2 is 2.24 bits per heavy atom. The Morgan fingerprint density at radius 3 is 2.76 bits per heavy atom. The Kier molecular flexibility index (Phi) is 3.73. The molecule has 2 rings (SSSR count). The third-order valence-electron chi connectivity index (χ3n) is 2.45. The number of hydrogen-bond donors (Lipinski definition) is 0. The number of nitrogens with zero attached hydrogens (tertiary/aromatic N) is 1. The van der Waals surface area contributed by atoms with Gasteiger partial charge in [-0.2, -0.15) is 0 Å². The third kappa shape index (κ3) is 4.27. The molecule has 6 heteroatoms. The molecule has 0 spiro atoms. The van der Waals surface area contributed by atoms with E-state index in [-0.39, 0.29) is 5.75 Å². The lowest BCUT2D eigenvalue weighted by molar-refractivity contribution is 0.286. The number of ether oxygens (including phenoxy) is 1. The minimum absolute atomic E-state index is 0.00149. The molecule has 0 saturated heterocycles. The number of rotatable bonds is 5. The monoisotopic (exact) mass is 319 g/mol. The molecule has 0 N–H and O–H groups in total. The van der Waals surface area contributed by atoms with Crippen LogP contribution in [0.1, 0.15) is 18.4 Å². The zero-order valence-electron chi connectivity index (χ0n) is 9.52. The molecule has 0 radical (unpaired) electrons. The van der Waals surface area contributed by atoms with Crippen molar-refractivity contribution in [3.8, 4) is 5.88 Å². The molecule has 1 heterocycles. The van der Waals surface area contributed by atoms with Gasteiger partial charge < -0.3 is 4.74 Å². The van der Waals surface area contributed by atoms with E-state index in [9.17, 15) is 8.42 Å². The topological polar surface area (TPSA) is 56.3 Å². The van der Waals surface area contributed by atoms with Gasteiger partial charge in [-0.15, -0.1) is 0 Å². The molecule has 0 amide bonds. The molecule has 1 aliphatic rings. The summed E-state index contributed by atoms with van der Waals surface area (Å²) in [7, 11) is -3.02. The molecule has 1 fully saturated rings. The predicted octanol–water partition coefficient (Wildman–Crippen LogP) is 2.18. The maximum Gasteiger partial charge on any atom is 0.227 e. The van der Waals surface area contributed by atoms with Gasteiger partial charge in [0.15, 0.2) is 9.84 Å². The van der Waals surface area contributed by atoms with Crippen molar-refractivity contribution in [3.63, 3.8) is 0 Å². The molecule has 0 bridgehead atoms. The van der Waals surface area contributed by atoms with Crippen molar-refractivity contribution in [1.29, 1.82) is 0 Å². The highest BCUT2D eigenvalue weighted by molar-refractivity contribution is 9.10. The molecule has 0 atom stereocenters. The van der Waals surface area contributed by atoms with E-state index in [1.165, 1.54) is 19.1 Å². The van der Waals surface area contributed by atoms with E-state index in [1.54, 1.807) is 12.3 Å². The fraction of sp³-hybridized carbons (Fsp3) is 0.545. The highest BCUT2D eigenvalue weighted by Crippen LogP contribution is 2.31. The van der Waals surface area contributed by atoms with Gasteiger partial charge in [0.25, 0.3) is 0 Å². The summed E-state index contributed by atoms with van der Waals surface area (Å²) in [6.07, 6.45) is 5.21. The second-order valence-electron chi connectivity index (χ2n) is 4.46. The van der Waals surface area contributed by atoms with E-state index < -0.39 is 9.84 Å². The molecule has 4 nitrogen and oxygen atoms in total. The van der Waals surface area contributed by atoms with E-state index in [2.05, 4.69) is 20.9 Å². The summed E-state index contributed by atoms with van der Waals surface area (Å²) < 4.78 is 28.5. The lowest BCUT2D eigenvalue weighted by atomic mass is 10.3. The van der Waals surface area contributed by atoms with Gasteiger partial charge in [0.2, 0.25) is 5.88 Å². The number of halogens is 1. The van der Waals surface area contributed by atoms with E-state index in [0.717, 1.165) is 0 Å². The first-order valence-corrected chi connectivity index (χ1v) is 8.24. The van der Waals surface area contributed by atoms with E-state index >= 15 is 0 Å². The SMILES string of the molecule is CS(=O)(=O)Cc1cnc(OCC2CC2)c(Br)c1. The first kappa shape index (κ1) is 12.8. The first-order chi connectivity index (χ1) is 7.94. The van der Waals surface area contributed by atoms with Crippen LogP contribution in [0.25, 0.3) is 0 Å². The zero-order chi connectivity index (χ0) is 12.5. The average molecular weight is 320 g/mol. The third-order valence-corrected chi connectivity index (χ3v) is 3.87. The van der Waals surface area contributed by atoms with Crippen LogP contribution in [0.2, 0.25) is 0 Å². The van der Waals surface area contributed by atoms with Crippen LogP contribution in [0, 0.1) is 5.92 Å². The zero-order valence-corrected chi connectivity index (χ0v) is 11.9. The molecule has 0 aromatic carbocycles. The molecule has 17 heavy (non-hydrogen) atoms. The van der Waals surface area contributed by atoms with Crippen molar-refractivity contribution in [3.05, 3.63) is 22.3 Å². The highest BCUT2D eigenvalue weighted by Gasteiger charge is 2.22. The summed E-state index contributed by atoms with van der Waals surface area (Å²) >= 11 is 3.34. The van der Waals surface area contributed by atoms with Crippen LogP contribution in [0.4, 0.5) is 0 Å². The van der Waals surface area contributed by atoms with Crippen LogP contribution in [-0.4, -0.2) is 26.3 Å².